The molecule has 0 saturated heterocycles. The van der Waals surface area contributed by atoms with Crippen LogP contribution in [0.1, 0.15) is 21.7 Å². The zero-order valence-corrected chi connectivity index (χ0v) is 9.01. The first-order chi connectivity index (χ1) is 7.58. The lowest BCUT2D eigenvalue weighted by molar-refractivity contribution is 0.0696. The second kappa shape index (κ2) is 3.77. The Morgan fingerprint density at radius 3 is 2.69 bits per heavy atom. The van der Waals surface area contributed by atoms with Crippen LogP contribution >= 0.6 is 0 Å². The van der Waals surface area contributed by atoms with Gasteiger partial charge < -0.3 is 5.11 Å². The summed E-state index contributed by atoms with van der Waals surface area (Å²) in [5, 5.41) is 13.0. The van der Waals surface area contributed by atoms with Crippen molar-refractivity contribution in [3.05, 3.63) is 41.3 Å². The van der Waals surface area contributed by atoms with Crippen LogP contribution in [-0.2, 0) is 0 Å². The monoisotopic (exact) mass is 217 g/mol. The maximum Gasteiger partial charge on any atom is 0.339 e. The Bertz CT molecular complexity index is 546. The summed E-state index contributed by atoms with van der Waals surface area (Å²) >= 11 is 0. The van der Waals surface area contributed by atoms with Crippen LogP contribution in [-0.4, -0.2) is 25.8 Å². The molecular weight excluding hydrogens is 206 g/mol. The standard InChI is InChI=1S/C11H11N3O2/c1-7-4-3-5-10(12-7)14-6-9(11(15)16)8(2)13-14/h3-6H,1-2H3,(H,15,16). The maximum absolute atomic E-state index is 10.9. The molecule has 0 aromatic carbocycles. The van der Waals surface area contributed by atoms with E-state index >= 15 is 0 Å². The van der Waals surface area contributed by atoms with Crippen LogP contribution in [0.2, 0.25) is 0 Å². The fourth-order valence-electron chi connectivity index (χ4n) is 1.44. The first-order valence-electron chi connectivity index (χ1n) is 4.81. The predicted octanol–water partition coefficient (Wildman–Crippen LogP) is 1.58. The van der Waals surface area contributed by atoms with E-state index in [4.69, 9.17) is 5.11 Å². The number of pyridine rings is 1. The fourth-order valence-corrected chi connectivity index (χ4v) is 1.44. The fraction of sp³-hybridized carbons (Fsp3) is 0.182. The van der Waals surface area contributed by atoms with Gasteiger partial charge in [-0.3, -0.25) is 0 Å². The molecule has 0 saturated carbocycles. The first kappa shape index (κ1) is 10.4. The van der Waals surface area contributed by atoms with Gasteiger partial charge in [-0.25, -0.2) is 14.5 Å². The molecule has 0 aliphatic rings. The van der Waals surface area contributed by atoms with Gasteiger partial charge >= 0.3 is 5.97 Å². The highest BCUT2D eigenvalue weighted by Gasteiger charge is 2.12. The Morgan fingerprint density at radius 2 is 2.12 bits per heavy atom. The number of carbonyl (C=O) groups is 1. The Morgan fingerprint density at radius 1 is 1.38 bits per heavy atom. The van der Waals surface area contributed by atoms with E-state index in [1.54, 1.807) is 13.0 Å². The second-order valence-electron chi connectivity index (χ2n) is 3.52. The van der Waals surface area contributed by atoms with Crippen LogP contribution < -0.4 is 0 Å². The Kier molecular flexibility index (Phi) is 2.44. The van der Waals surface area contributed by atoms with Crippen LogP contribution in [0.4, 0.5) is 0 Å². The highest BCUT2D eigenvalue weighted by Crippen LogP contribution is 2.10. The lowest BCUT2D eigenvalue weighted by Crippen LogP contribution is -1.99. The number of aromatic nitrogens is 3. The van der Waals surface area contributed by atoms with Gasteiger partial charge in [0.1, 0.15) is 5.56 Å². The van der Waals surface area contributed by atoms with Gasteiger partial charge in [0.2, 0.25) is 0 Å². The lowest BCUT2D eigenvalue weighted by atomic mass is 10.3. The van der Waals surface area contributed by atoms with Gasteiger partial charge in [-0.1, -0.05) is 6.07 Å². The zero-order chi connectivity index (χ0) is 11.7. The first-order valence-corrected chi connectivity index (χ1v) is 4.81. The molecule has 82 valence electrons. The van der Waals surface area contributed by atoms with E-state index in [1.165, 1.54) is 10.9 Å². The highest BCUT2D eigenvalue weighted by atomic mass is 16.4. The molecule has 1 N–H and O–H groups in total. The van der Waals surface area contributed by atoms with Crippen molar-refractivity contribution in [2.24, 2.45) is 0 Å². The molecule has 0 atom stereocenters. The molecule has 5 nitrogen and oxygen atoms in total. The van der Waals surface area contributed by atoms with Gasteiger partial charge in [0.15, 0.2) is 5.82 Å². The topological polar surface area (TPSA) is 68.0 Å². The van der Waals surface area contributed by atoms with Crippen molar-refractivity contribution in [2.45, 2.75) is 13.8 Å². The maximum atomic E-state index is 10.9. The van der Waals surface area contributed by atoms with Crippen molar-refractivity contribution in [1.29, 1.82) is 0 Å². The molecule has 0 aliphatic heterocycles. The summed E-state index contributed by atoms with van der Waals surface area (Å²) in [6.07, 6.45) is 1.47. The molecule has 2 aromatic heterocycles. The molecule has 0 unspecified atom stereocenters. The summed E-state index contributed by atoms with van der Waals surface area (Å²) in [6, 6.07) is 5.51. The largest absolute Gasteiger partial charge is 0.478 e. The van der Waals surface area contributed by atoms with E-state index in [9.17, 15) is 4.79 Å². The van der Waals surface area contributed by atoms with Crippen molar-refractivity contribution in [2.75, 3.05) is 0 Å². The van der Waals surface area contributed by atoms with Crippen LogP contribution in [0.3, 0.4) is 0 Å². The molecular formula is C11H11N3O2. The number of hydrogen-bond donors (Lipinski definition) is 1. The summed E-state index contributed by atoms with van der Waals surface area (Å²) in [6.45, 7) is 3.54. The van der Waals surface area contributed by atoms with E-state index in [-0.39, 0.29) is 5.56 Å². The summed E-state index contributed by atoms with van der Waals surface area (Å²) in [5.41, 5.74) is 1.54. The van der Waals surface area contributed by atoms with Crippen molar-refractivity contribution in [1.82, 2.24) is 14.8 Å². The SMILES string of the molecule is Cc1cccc(-n2cc(C(=O)O)c(C)n2)n1. The summed E-state index contributed by atoms with van der Waals surface area (Å²) in [5.74, 6) is -0.355. The van der Waals surface area contributed by atoms with Gasteiger partial charge in [-0.05, 0) is 26.0 Å². The van der Waals surface area contributed by atoms with Gasteiger partial charge in [0, 0.05) is 11.9 Å². The molecule has 0 aliphatic carbocycles. The number of aromatic carboxylic acids is 1. The Labute approximate surface area is 92.4 Å². The third-order valence-electron chi connectivity index (χ3n) is 2.24. The van der Waals surface area contributed by atoms with Crippen LogP contribution in [0, 0.1) is 13.8 Å². The molecule has 5 heteroatoms. The van der Waals surface area contributed by atoms with Gasteiger partial charge in [0.25, 0.3) is 0 Å². The van der Waals surface area contributed by atoms with E-state index in [1.807, 2.05) is 19.1 Å². The van der Waals surface area contributed by atoms with E-state index in [0.29, 0.717) is 11.5 Å². The predicted molar refractivity (Wildman–Crippen MR) is 57.8 cm³/mol. The minimum absolute atomic E-state index is 0.198. The number of carboxylic acids is 1. The van der Waals surface area contributed by atoms with Gasteiger partial charge in [0.05, 0.1) is 5.69 Å². The lowest BCUT2D eigenvalue weighted by Gasteiger charge is -2.00. The molecule has 2 aromatic rings. The van der Waals surface area contributed by atoms with Crippen molar-refractivity contribution < 1.29 is 9.90 Å². The number of rotatable bonds is 2. The third-order valence-corrected chi connectivity index (χ3v) is 2.24. The molecule has 16 heavy (non-hydrogen) atoms. The highest BCUT2D eigenvalue weighted by molar-refractivity contribution is 5.88. The van der Waals surface area contributed by atoms with Crippen molar-refractivity contribution in [3.8, 4) is 5.82 Å². The molecule has 0 bridgehead atoms. The zero-order valence-electron chi connectivity index (χ0n) is 9.01. The van der Waals surface area contributed by atoms with Crippen LogP contribution in [0.25, 0.3) is 5.82 Å². The average Bonchev–Trinajstić information content (AvgIpc) is 2.60. The van der Waals surface area contributed by atoms with E-state index in [0.717, 1.165) is 5.69 Å². The molecule has 2 rings (SSSR count). The smallest absolute Gasteiger partial charge is 0.339 e. The van der Waals surface area contributed by atoms with E-state index in [2.05, 4.69) is 10.1 Å². The third kappa shape index (κ3) is 1.79. The van der Waals surface area contributed by atoms with E-state index < -0.39 is 5.97 Å². The Hall–Kier alpha value is -2.17. The normalized spacial score (nSPS) is 10.4. The molecule has 0 radical (unpaired) electrons. The molecule has 0 fully saturated rings. The molecule has 0 spiro atoms. The van der Waals surface area contributed by atoms with Crippen molar-refractivity contribution >= 4 is 5.97 Å². The van der Waals surface area contributed by atoms with Crippen molar-refractivity contribution in [3.63, 3.8) is 0 Å². The Balaban J connectivity index is 2.49. The second-order valence-corrected chi connectivity index (χ2v) is 3.52. The minimum atomic E-state index is -0.976. The number of nitrogens with zero attached hydrogens (tertiary/aromatic N) is 3. The number of hydrogen-bond acceptors (Lipinski definition) is 3. The van der Waals surface area contributed by atoms with Gasteiger partial charge in [-0.15, -0.1) is 0 Å². The number of aryl methyl sites for hydroxylation is 2. The summed E-state index contributed by atoms with van der Waals surface area (Å²) in [4.78, 5) is 15.1. The summed E-state index contributed by atoms with van der Waals surface area (Å²) in [7, 11) is 0. The average molecular weight is 217 g/mol. The molecule has 2 heterocycles. The number of carboxylic acid groups (broad SMARTS) is 1. The molecule has 0 amide bonds. The minimum Gasteiger partial charge on any atom is -0.478 e. The van der Waals surface area contributed by atoms with Gasteiger partial charge in [-0.2, -0.15) is 5.10 Å². The van der Waals surface area contributed by atoms with Crippen LogP contribution in [0.15, 0.2) is 24.4 Å². The summed E-state index contributed by atoms with van der Waals surface area (Å²) < 4.78 is 1.48. The van der Waals surface area contributed by atoms with Crippen LogP contribution in [0.5, 0.6) is 0 Å². The quantitative estimate of drug-likeness (QED) is 0.829.